The Hall–Kier alpha value is -1.25. The van der Waals surface area contributed by atoms with Gasteiger partial charge in [-0.15, -0.1) is 11.8 Å². The zero-order chi connectivity index (χ0) is 12.6. The van der Waals surface area contributed by atoms with Crippen molar-refractivity contribution in [2.24, 2.45) is 5.73 Å². The molecule has 0 saturated carbocycles. The number of thioether (sulfide) groups is 1. The largest absolute Gasteiger partial charge is 0.327 e. The fourth-order valence-corrected chi connectivity index (χ4v) is 2.87. The van der Waals surface area contributed by atoms with E-state index in [1.54, 1.807) is 0 Å². The summed E-state index contributed by atoms with van der Waals surface area (Å²) in [5.41, 5.74) is 7.48. The summed E-state index contributed by atoms with van der Waals surface area (Å²) in [5, 5.41) is 0. The Morgan fingerprint density at radius 3 is 2.17 bits per heavy atom. The van der Waals surface area contributed by atoms with Gasteiger partial charge in [0.05, 0.1) is 0 Å². The summed E-state index contributed by atoms with van der Waals surface area (Å²) in [6.45, 7) is 0. The van der Waals surface area contributed by atoms with Crippen molar-refractivity contribution in [3.05, 3.63) is 66.2 Å². The first-order chi connectivity index (χ1) is 8.84. The predicted molar refractivity (Wildman–Crippen MR) is 79.9 cm³/mol. The van der Waals surface area contributed by atoms with Gasteiger partial charge in [-0.3, -0.25) is 0 Å². The van der Waals surface area contributed by atoms with Gasteiger partial charge < -0.3 is 5.73 Å². The fraction of sp³-hybridized carbons (Fsp3) is 0.250. The number of rotatable bonds is 6. The maximum Gasteiger partial charge on any atom is 0.00872 e. The number of nitrogens with two attached hydrogens (primary N) is 1. The van der Waals surface area contributed by atoms with Crippen LogP contribution in [0.1, 0.15) is 12.0 Å². The van der Waals surface area contributed by atoms with Gasteiger partial charge in [0.25, 0.3) is 0 Å². The van der Waals surface area contributed by atoms with Gasteiger partial charge in [0.15, 0.2) is 0 Å². The van der Waals surface area contributed by atoms with Crippen molar-refractivity contribution in [3.63, 3.8) is 0 Å². The summed E-state index contributed by atoms with van der Waals surface area (Å²) < 4.78 is 0. The fourth-order valence-electron chi connectivity index (χ4n) is 1.86. The average molecular weight is 257 g/mol. The minimum Gasteiger partial charge on any atom is -0.327 e. The molecule has 0 heterocycles. The first-order valence-electron chi connectivity index (χ1n) is 6.32. The topological polar surface area (TPSA) is 26.0 Å². The molecule has 0 fully saturated rings. The summed E-state index contributed by atoms with van der Waals surface area (Å²) in [7, 11) is 0. The molecule has 1 unspecified atom stereocenters. The molecule has 0 aliphatic heterocycles. The molecule has 0 saturated heterocycles. The Morgan fingerprint density at radius 1 is 0.889 bits per heavy atom. The minimum absolute atomic E-state index is 0.253. The van der Waals surface area contributed by atoms with E-state index in [1.165, 1.54) is 10.5 Å². The van der Waals surface area contributed by atoms with Crippen LogP contribution in [-0.4, -0.2) is 11.8 Å². The Morgan fingerprint density at radius 2 is 1.50 bits per heavy atom. The standard InChI is InChI=1S/C16H19NS/c17-15(13-14-7-3-1-4-8-14)11-12-18-16-9-5-2-6-10-16/h1-10,15H,11-13,17H2. The molecule has 0 bridgehead atoms. The van der Waals surface area contributed by atoms with Gasteiger partial charge in [-0.1, -0.05) is 48.5 Å². The van der Waals surface area contributed by atoms with E-state index in [1.807, 2.05) is 23.9 Å². The summed E-state index contributed by atoms with van der Waals surface area (Å²) >= 11 is 1.88. The van der Waals surface area contributed by atoms with Crippen LogP contribution in [0.5, 0.6) is 0 Å². The van der Waals surface area contributed by atoms with Gasteiger partial charge in [-0.05, 0) is 36.3 Å². The SMILES string of the molecule is NC(CCSc1ccccc1)Cc1ccccc1. The molecule has 2 heteroatoms. The van der Waals surface area contributed by atoms with Crippen molar-refractivity contribution in [1.29, 1.82) is 0 Å². The van der Waals surface area contributed by atoms with E-state index in [0.29, 0.717) is 0 Å². The highest BCUT2D eigenvalue weighted by Gasteiger charge is 2.04. The number of benzene rings is 2. The maximum absolute atomic E-state index is 6.16. The molecular formula is C16H19NS. The molecule has 2 rings (SSSR count). The van der Waals surface area contributed by atoms with Crippen molar-refractivity contribution < 1.29 is 0 Å². The molecule has 2 aromatic carbocycles. The van der Waals surface area contributed by atoms with E-state index >= 15 is 0 Å². The van der Waals surface area contributed by atoms with Crippen LogP contribution in [0.25, 0.3) is 0 Å². The minimum atomic E-state index is 0.253. The monoisotopic (exact) mass is 257 g/mol. The highest BCUT2D eigenvalue weighted by molar-refractivity contribution is 7.99. The molecule has 0 aromatic heterocycles. The Labute approximate surface area is 113 Å². The lowest BCUT2D eigenvalue weighted by Gasteiger charge is -2.11. The Kier molecular flexibility index (Phi) is 5.31. The van der Waals surface area contributed by atoms with Crippen LogP contribution in [0.2, 0.25) is 0 Å². The van der Waals surface area contributed by atoms with Crippen molar-refractivity contribution in [2.45, 2.75) is 23.8 Å². The Balaban J connectivity index is 1.71. The highest BCUT2D eigenvalue weighted by Crippen LogP contribution is 2.18. The molecule has 0 amide bonds. The van der Waals surface area contributed by atoms with Crippen LogP contribution in [0, 0.1) is 0 Å². The number of hydrogen-bond acceptors (Lipinski definition) is 2. The van der Waals surface area contributed by atoms with E-state index in [2.05, 4.69) is 48.5 Å². The lowest BCUT2D eigenvalue weighted by molar-refractivity contribution is 0.652. The van der Waals surface area contributed by atoms with E-state index in [4.69, 9.17) is 5.73 Å². The van der Waals surface area contributed by atoms with E-state index in [9.17, 15) is 0 Å². The normalized spacial score (nSPS) is 12.3. The second-order valence-corrected chi connectivity index (χ2v) is 5.57. The quantitative estimate of drug-likeness (QED) is 0.798. The third kappa shape index (κ3) is 4.55. The summed E-state index contributed by atoms with van der Waals surface area (Å²) in [5.74, 6) is 1.08. The smallest absolute Gasteiger partial charge is 0.00872 e. The predicted octanol–water partition coefficient (Wildman–Crippen LogP) is 3.74. The molecule has 0 spiro atoms. The van der Waals surface area contributed by atoms with Crippen molar-refractivity contribution >= 4 is 11.8 Å². The van der Waals surface area contributed by atoms with Gasteiger partial charge in [-0.25, -0.2) is 0 Å². The second kappa shape index (κ2) is 7.24. The lowest BCUT2D eigenvalue weighted by atomic mass is 10.1. The molecule has 1 nitrogen and oxygen atoms in total. The summed E-state index contributed by atoms with van der Waals surface area (Å²) in [6, 6.07) is 21.2. The summed E-state index contributed by atoms with van der Waals surface area (Å²) in [6.07, 6.45) is 2.02. The molecule has 94 valence electrons. The van der Waals surface area contributed by atoms with Crippen LogP contribution >= 0.6 is 11.8 Å². The van der Waals surface area contributed by atoms with Gasteiger partial charge in [-0.2, -0.15) is 0 Å². The van der Waals surface area contributed by atoms with Crippen LogP contribution in [0.3, 0.4) is 0 Å². The third-order valence-electron chi connectivity index (χ3n) is 2.84. The van der Waals surface area contributed by atoms with Gasteiger partial charge in [0.1, 0.15) is 0 Å². The van der Waals surface area contributed by atoms with E-state index < -0.39 is 0 Å². The molecule has 0 radical (unpaired) electrons. The second-order valence-electron chi connectivity index (χ2n) is 4.40. The van der Waals surface area contributed by atoms with Crippen molar-refractivity contribution in [2.75, 3.05) is 5.75 Å². The van der Waals surface area contributed by atoms with Crippen molar-refractivity contribution in [3.8, 4) is 0 Å². The third-order valence-corrected chi connectivity index (χ3v) is 3.89. The number of hydrogen-bond donors (Lipinski definition) is 1. The van der Waals surface area contributed by atoms with Crippen LogP contribution in [0.4, 0.5) is 0 Å². The van der Waals surface area contributed by atoms with Gasteiger partial charge >= 0.3 is 0 Å². The summed E-state index contributed by atoms with van der Waals surface area (Å²) in [4.78, 5) is 1.32. The lowest BCUT2D eigenvalue weighted by Crippen LogP contribution is -2.23. The molecule has 2 aromatic rings. The molecule has 18 heavy (non-hydrogen) atoms. The highest BCUT2D eigenvalue weighted by atomic mass is 32.2. The van der Waals surface area contributed by atoms with Gasteiger partial charge in [0, 0.05) is 10.9 Å². The average Bonchev–Trinajstić information content (AvgIpc) is 2.41. The zero-order valence-electron chi connectivity index (χ0n) is 10.5. The van der Waals surface area contributed by atoms with Crippen LogP contribution in [-0.2, 0) is 6.42 Å². The van der Waals surface area contributed by atoms with E-state index in [-0.39, 0.29) is 6.04 Å². The van der Waals surface area contributed by atoms with Gasteiger partial charge in [0.2, 0.25) is 0 Å². The Bertz CT molecular complexity index is 441. The molecule has 0 aliphatic rings. The molecule has 2 N–H and O–H groups in total. The molecular weight excluding hydrogens is 238 g/mol. The maximum atomic E-state index is 6.16. The first-order valence-corrected chi connectivity index (χ1v) is 7.30. The molecule has 0 aliphatic carbocycles. The van der Waals surface area contributed by atoms with E-state index in [0.717, 1.165) is 18.6 Å². The first kappa shape index (κ1) is 13.2. The van der Waals surface area contributed by atoms with Crippen LogP contribution in [0.15, 0.2) is 65.6 Å². The zero-order valence-corrected chi connectivity index (χ0v) is 11.3. The van der Waals surface area contributed by atoms with Crippen LogP contribution < -0.4 is 5.73 Å². The van der Waals surface area contributed by atoms with Crippen molar-refractivity contribution in [1.82, 2.24) is 0 Å². The molecule has 1 atom stereocenters.